The summed E-state index contributed by atoms with van der Waals surface area (Å²) in [7, 11) is 0. The van der Waals surface area contributed by atoms with Crippen LogP contribution in [0.5, 0.6) is 5.75 Å². The van der Waals surface area contributed by atoms with Gasteiger partial charge in [0.25, 0.3) is 0 Å². The summed E-state index contributed by atoms with van der Waals surface area (Å²) in [5, 5.41) is 2.47. The number of nitrogens with zero attached hydrogens (tertiary/aromatic N) is 1. The van der Waals surface area contributed by atoms with Crippen molar-refractivity contribution in [3.8, 4) is 16.9 Å². The molecule has 0 saturated heterocycles. The number of rotatable bonds is 16. The zero-order chi connectivity index (χ0) is 28.2. The van der Waals surface area contributed by atoms with Crippen LogP contribution in [0.25, 0.3) is 38.5 Å². The van der Waals surface area contributed by atoms with Gasteiger partial charge in [0, 0.05) is 35.0 Å². The van der Waals surface area contributed by atoms with Gasteiger partial charge in [-0.2, -0.15) is 0 Å². The van der Waals surface area contributed by atoms with E-state index >= 15 is 0 Å². The predicted molar refractivity (Wildman–Crippen MR) is 170 cm³/mol. The maximum Gasteiger partial charge on any atom is 0.119 e. The van der Waals surface area contributed by atoms with Crippen molar-refractivity contribution in [2.75, 3.05) is 39.5 Å². The fourth-order valence-electron chi connectivity index (χ4n) is 4.85. The van der Waals surface area contributed by atoms with Crippen LogP contribution in [0.3, 0.4) is 0 Å². The van der Waals surface area contributed by atoms with Crippen LogP contribution in [0.2, 0.25) is 0 Å². The van der Waals surface area contributed by atoms with Crippen LogP contribution >= 0.6 is 0 Å². The van der Waals surface area contributed by atoms with Gasteiger partial charge in [-0.25, -0.2) is 0 Å². The van der Waals surface area contributed by atoms with Gasteiger partial charge in [0.2, 0.25) is 0 Å². The van der Waals surface area contributed by atoms with E-state index < -0.39 is 0 Å². The van der Waals surface area contributed by atoms with Crippen LogP contribution in [0.15, 0.2) is 91.5 Å². The highest BCUT2D eigenvalue weighted by atomic mass is 16.5. The first-order chi connectivity index (χ1) is 19.7. The molecule has 6 nitrogen and oxygen atoms in total. The molecule has 0 spiro atoms. The van der Waals surface area contributed by atoms with Gasteiger partial charge in [-0.3, -0.25) is 0 Å². The molecule has 3 aromatic carbocycles. The highest BCUT2D eigenvalue weighted by molar-refractivity contribution is 6.09. The molecule has 0 bridgehead atoms. The third-order valence-electron chi connectivity index (χ3n) is 6.89. The highest BCUT2D eigenvalue weighted by Crippen LogP contribution is 2.35. The second-order valence-corrected chi connectivity index (χ2v) is 9.75. The zero-order valence-electron chi connectivity index (χ0n) is 23.4. The molecule has 0 unspecified atom stereocenters. The first kappa shape index (κ1) is 29.3. The van der Waals surface area contributed by atoms with E-state index in [1.807, 2.05) is 30.4 Å². The fraction of sp³-hybridized carbons (Fsp3) is 0.294. The summed E-state index contributed by atoms with van der Waals surface area (Å²) < 4.78 is 13.8. The molecule has 40 heavy (non-hydrogen) atoms. The molecule has 0 aliphatic rings. The van der Waals surface area contributed by atoms with Gasteiger partial charge >= 0.3 is 0 Å². The number of benzene rings is 3. The summed E-state index contributed by atoms with van der Waals surface area (Å²) in [6, 6.07) is 21.7. The third-order valence-corrected chi connectivity index (χ3v) is 6.89. The van der Waals surface area contributed by atoms with Crippen molar-refractivity contribution in [3.63, 3.8) is 0 Å². The molecule has 4 rings (SSSR count). The first-order valence-electron chi connectivity index (χ1n) is 14.2. The Bertz CT molecular complexity index is 1450. The quantitative estimate of drug-likeness (QED) is 0.119. The van der Waals surface area contributed by atoms with E-state index in [4.69, 9.17) is 26.7 Å². The molecule has 0 saturated carbocycles. The minimum Gasteiger partial charge on any atom is -0.494 e. The topological polar surface area (TPSA) is 101 Å². The number of ether oxygens (including phenoxy) is 2. The largest absolute Gasteiger partial charge is 0.494 e. The minimum atomic E-state index is 0.553. The molecule has 0 fully saturated rings. The van der Waals surface area contributed by atoms with Crippen molar-refractivity contribution in [3.05, 3.63) is 97.1 Å². The summed E-state index contributed by atoms with van der Waals surface area (Å²) in [5.74, 6) is 0.863. The second kappa shape index (κ2) is 15.2. The van der Waals surface area contributed by atoms with Crippen LogP contribution in [0, 0.1) is 0 Å². The molecule has 1 heterocycles. The molecule has 0 radical (unpaired) electrons. The molecule has 6 N–H and O–H groups in total. The predicted octanol–water partition coefficient (Wildman–Crippen LogP) is 6.03. The zero-order valence-corrected chi connectivity index (χ0v) is 23.4. The van der Waals surface area contributed by atoms with Crippen LogP contribution in [-0.4, -0.2) is 44.0 Å². The SMILES string of the molecule is C=C/C=C(\C=C/COCCCN)c1ccc2c3ccc(-c4ccc(OCCCN)cc4)cc3n(CCCN)c2c1. The van der Waals surface area contributed by atoms with Crippen LogP contribution in [0.1, 0.15) is 24.8 Å². The van der Waals surface area contributed by atoms with Crippen molar-refractivity contribution >= 4 is 27.4 Å². The van der Waals surface area contributed by atoms with E-state index in [-0.39, 0.29) is 0 Å². The van der Waals surface area contributed by atoms with Gasteiger partial charge in [0.05, 0.1) is 13.2 Å². The lowest BCUT2D eigenvalue weighted by atomic mass is 10.0. The van der Waals surface area contributed by atoms with Crippen molar-refractivity contribution in [2.45, 2.75) is 25.8 Å². The fourth-order valence-corrected chi connectivity index (χ4v) is 4.85. The number of hydrogen-bond acceptors (Lipinski definition) is 5. The number of aryl methyl sites for hydroxylation is 1. The molecule has 210 valence electrons. The Labute approximate surface area is 237 Å². The Balaban J connectivity index is 1.68. The van der Waals surface area contributed by atoms with Crippen molar-refractivity contribution in [1.29, 1.82) is 0 Å². The molecule has 6 heteroatoms. The van der Waals surface area contributed by atoms with Gasteiger partial charge in [-0.1, -0.05) is 67.3 Å². The lowest BCUT2D eigenvalue weighted by molar-refractivity contribution is 0.161. The maximum atomic E-state index is 5.95. The number of fused-ring (bicyclic) bond motifs is 3. The van der Waals surface area contributed by atoms with E-state index in [9.17, 15) is 0 Å². The molecule has 0 aliphatic carbocycles. The Morgan fingerprint density at radius 3 is 2.17 bits per heavy atom. The lowest BCUT2D eigenvalue weighted by Gasteiger charge is -2.10. The summed E-state index contributed by atoms with van der Waals surface area (Å²) in [4.78, 5) is 0. The van der Waals surface area contributed by atoms with Crippen LogP contribution < -0.4 is 21.9 Å². The molecular formula is C34H42N4O2. The number of nitrogens with two attached hydrogens (primary N) is 3. The standard InChI is InChI=1S/C34H42N4O2/c1-2-7-26(8-3-21-39-22-5-18-36)28-11-15-31-32-16-12-29(25-34(32)38(20-4-17-35)33(31)24-28)27-9-13-30(14-10-27)40-23-6-19-37/h2-3,7-16,24-25H,1,4-6,17-23,35-37H2/b8-3-,26-7+. The molecule has 1 aromatic heterocycles. The summed E-state index contributed by atoms with van der Waals surface area (Å²) in [6.45, 7) is 8.54. The second-order valence-electron chi connectivity index (χ2n) is 9.75. The number of aromatic nitrogens is 1. The average Bonchev–Trinajstić information content (AvgIpc) is 3.29. The van der Waals surface area contributed by atoms with Crippen LogP contribution in [0.4, 0.5) is 0 Å². The first-order valence-corrected chi connectivity index (χ1v) is 14.2. The minimum absolute atomic E-state index is 0.553. The van der Waals surface area contributed by atoms with Gasteiger partial charge in [0.1, 0.15) is 5.75 Å². The Hall–Kier alpha value is -3.68. The van der Waals surface area contributed by atoms with E-state index in [2.05, 4.69) is 65.8 Å². The Morgan fingerprint density at radius 2 is 1.45 bits per heavy atom. The van der Waals surface area contributed by atoms with E-state index in [1.165, 1.54) is 27.4 Å². The molecular weight excluding hydrogens is 496 g/mol. The van der Waals surface area contributed by atoms with E-state index in [1.54, 1.807) is 0 Å². The summed E-state index contributed by atoms with van der Waals surface area (Å²) in [6.07, 6.45) is 10.6. The lowest BCUT2D eigenvalue weighted by Crippen LogP contribution is -2.06. The normalized spacial score (nSPS) is 12.1. The van der Waals surface area contributed by atoms with E-state index in [0.29, 0.717) is 39.5 Å². The van der Waals surface area contributed by atoms with Crippen molar-refractivity contribution in [1.82, 2.24) is 4.57 Å². The summed E-state index contributed by atoms with van der Waals surface area (Å²) in [5.41, 5.74) is 24.0. The van der Waals surface area contributed by atoms with Gasteiger partial charge < -0.3 is 31.2 Å². The van der Waals surface area contributed by atoms with Crippen LogP contribution in [-0.2, 0) is 11.3 Å². The number of hydrogen-bond donors (Lipinski definition) is 3. The highest BCUT2D eigenvalue weighted by Gasteiger charge is 2.13. The molecule has 4 aromatic rings. The smallest absolute Gasteiger partial charge is 0.119 e. The Kier molecular flexibility index (Phi) is 11.1. The Morgan fingerprint density at radius 1 is 0.775 bits per heavy atom. The monoisotopic (exact) mass is 538 g/mol. The van der Waals surface area contributed by atoms with Gasteiger partial charge in [0.15, 0.2) is 0 Å². The third kappa shape index (κ3) is 7.29. The van der Waals surface area contributed by atoms with Gasteiger partial charge in [-0.05, 0) is 85.4 Å². The number of allylic oxidation sites excluding steroid dienone is 4. The van der Waals surface area contributed by atoms with Crippen molar-refractivity contribution < 1.29 is 9.47 Å². The molecule has 0 amide bonds. The van der Waals surface area contributed by atoms with Crippen molar-refractivity contribution in [2.24, 2.45) is 17.2 Å². The van der Waals surface area contributed by atoms with E-state index in [0.717, 1.165) is 48.3 Å². The average molecular weight is 539 g/mol. The maximum absolute atomic E-state index is 5.95. The van der Waals surface area contributed by atoms with Gasteiger partial charge in [-0.15, -0.1) is 0 Å². The molecule has 0 aliphatic heterocycles. The molecule has 0 atom stereocenters. The summed E-state index contributed by atoms with van der Waals surface area (Å²) >= 11 is 0.